The molecule has 0 aliphatic heterocycles. The van der Waals surface area contributed by atoms with Gasteiger partial charge in [0.15, 0.2) is 5.58 Å². The van der Waals surface area contributed by atoms with Gasteiger partial charge in [0.2, 0.25) is 11.8 Å². The van der Waals surface area contributed by atoms with E-state index in [2.05, 4.69) is 4.98 Å². The van der Waals surface area contributed by atoms with Crippen molar-refractivity contribution >= 4 is 17.0 Å². The Bertz CT molecular complexity index is 778. The van der Waals surface area contributed by atoms with Crippen molar-refractivity contribution in [1.82, 2.24) is 10.5 Å². The van der Waals surface area contributed by atoms with Gasteiger partial charge in [0.05, 0.1) is 6.61 Å². The van der Waals surface area contributed by atoms with E-state index in [9.17, 15) is 4.79 Å². The summed E-state index contributed by atoms with van der Waals surface area (Å²) in [5.41, 5.74) is 4.09. The maximum Gasteiger partial charge on any atom is 0.243 e. The minimum absolute atomic E-state index is 0.288. The molecule has 0 bridgehead atoms. The van der Waals surface area contributed by atoms with E-state index < -0.39 is 0 Å². The number of rotatable bonds is 7. The molecule has 2 N–H and O–H groups in total. The van der Waals surface area contributed by atoms with Crippen LogP contribution < -0.4 is 10.2 Å². The van der Waals surface area contributed by atoms with Gasteiger partial charge in [0, 0.05) is 12.0 Å². The molecule has 0 radical (unpaired) electrons. The van der Waals surface area contributed by atoms with Crippen LogP contribution in [0.3, 0.4) is 0 Å². The summed E-state index contributed by atoms with van der Waals surface area (Å²) in [4.78, 5) is 15.3. The monoisotopic (exact) mass is 326 g/mol. The van der Waals surface area contributed by atoms with Crippen LogP contribution in [0.2, 0.25) is 0 Å². The average Bonchev–Trinajstić information content (AvgIpc) is 3.06. The number of hydrogen-bond acceptors (Lipinski definition) is 5. The molecule has 6 heteroatoms. The average molecular weight is 326 g/mol. The highest BCUT2D eigenvalue weighted by atomic mass is 16.5. The Labute approximate surface area is 139 Å². The van der Waals surface area contributed by atoms with E-state index in [0.29, 0.717) is 18.9 Å². The van der Waals surface area contributed by atoms with Crippen molar-refractivity contribution < 1.29 is 19.2 Å². The second-order valence-corrected chi connectivity index (χ2v) is 5.35. The van der Waals surface area contributed by atoms with E-state index >= 15 is 0 Å². The fraction of sp³-hybridized carbons (Fsp3) is 0.222. The van der Waals surface area contributed by atoms with Gasteiger partial charge in [0.25, 0.3) is 0 Å². The number of hydroxylamine groups is 1. The van der Waals surface area contributed by atoms with Gasteiger partial charge in [-0.05, 0) is 49.2 Å². The van der Waals surface area contributed by atoms with Crippen molar-refractivity contribution in [2.75, 3.05) is 6.61 Å². The predicted octanol–water partition coefficient (Wildman–Crippen LogP) is 3.55. The fourth-order valence-electron chi connectivity index (χ4n) is 2.32. The van der Waals surface area contributed by atoms with Crippen LogP contribution >= 0.6 is 0 Å². The fourth-order valence-corrected chi connectivity index (χ4v) is 2.32. The zero-order valence-corrected chi connectivity index (χ0v) is 13.1. The summed E-state index contributed by atoms with van der Waals surface area (Å²) in [6.07, 6.45) is 1.68. The molecule has 3 rings (SSSR count). The van der Waals surface area contributed by atoms with Crippen LogP contribution in [0, 0.1) is 0 Å². The topological polar surface area (TPSA) is 84.6 Å². The van der Waals surface area contributed by atoms with E-state index in [1.807, 2.05) is 48.5 Å². The number of para-hydroxylation sites is 2. The van der Waals surface area contributed by atoms with Gasteiger partial charge in [0.1, 0.15) is 11.3 Å². The van der Waals surface area contributed by atoms with E-state index in [1.54, 1.807) is 5.48 Å². The van der Waals surface area contributed by atoms with Gasteiger partial charge in [-0.25, -0.2) is 10.5 Å². The molecule has 3 aromatic rings. The summed E-state index contributed by atoms with van der Waals surface area (Å²) < 4.78 is 11.4. The maximum atomic E-state index is 10.9. The smallest absolute Gasteiger partial charge is 0.243 e. The Hall–Kier alpha value is -2.86. The van der Waals surface area contributed by atoms with Crippen molar-refractivity contribution in [3.8, 4) is 17.2 Å². The molecule has 1 amide bonds. The molecule has 2 aromatic carbocycles. The highest BCUT2D eigenvalue weighted by Gasteiger charge is 2.07. The molecule has 1 aromatic heterocycles. The molecule has 0 aliphatic rings. The highest BCUT2D eigenvalue weighted by Crippen LogP contribution is 2.25. The number of aromatic nitrogens is 1. The number of benzene rings is 2. The lowest BCUT2D eigenvalue weighted by atomic mass is 10.2. The van der Waals surface area contributed by atoms with E-state index in [4.69, 9.17) is 14.4 Å². The maximum absolute atomic E-state index is 10.9. The zero-order valence-electron chi connectivity index (χ0n) is 13.1. The van der Waals surface area contributed by atoms with Crippen molar-refractivity contribution in [2.24, 2.45) is 0 Å². The van der Waals surface area contributed by atoms with Gasteiger partial charge in [-0.15, -0.1) is 0 Å². The number of ether oxygens (including phenoxy) is 1. The van der Waals surface area contributed by atoms with Crippen LogP contribution in [0.4, 0.5) is 0 Å². The normalized spacial score (nSPS) is 10.7. The Kier molecular flexibility index (Phi) is 5.08. The molecular weight excluding hydrogens is 308 g/mol. The Morgan fingerprint density at radius 3 is 2.67 bits per heavy atom. The molecular formula is C18H18N2O4. The SMILES string of the molecule is O=C(CCCCOc1ccc(-c2nc3ccccc3o2)cc1)NO. The summed E-state index contributed by atoms with van der Waals surface area (Å²) in [5, 5.41) is 8.39. The number of hydrogen-bond donors (Lipinski definition) is 2. The van der Waals surface area contributed by atoms with Crippen molar-refractivity contribution in [3.05, 3.63) is 48.5 Å². The number of amides is 1. The molecule has 6 nitrogen and oxygen atoms in total. The number of oxazole rings is 1. The third-order valence-corrected chi connectivity index (χ3v) is 3.59. The first-order valence-corrected chi connectivity index (χ1v) is 7.78. The Morgan fingerprint density at radius 2 is 1.92 bits per heavy atom. The lowest BCUT2D eigenvalue weighted by Crippen LogP contribution is -2.18. The summed E-state index contributed by atoms with van der Waals surface area (Å²) in [7, 11) is 0. The minimum atomic E-state index is -0.377. The first-order chi connectivity index (χ1) is 11.8. The van der Waals surface area contributed by atoms with Crippen molar-refractivity contribution in [1.29, 1.82) is 0 Å². The van der Waals surface area contributed by atoms with E-state index in [0.717, 1.165) is 28.8 Å². The Morgan fingerprint density at radius 1 is 1.12 bits per heavy atom. The summed E-state index contributed by atoms with van der Waals surface area (Å²) >= 11 is 0. The molecule has 0 atom stereocenters. The van der Waals surface area contributed by atoms with Crippen LogP contribution in [-0.2, 0) is 4.79 Å². The molecule has 0 aliphatic carbocycles. The third kappa shape index (κ3) is 3.91. The van der Waals surface area contributed by atoms with Crippen LogP contribution in [0.15, 0.2) is 52.9 Å². The Balaban J connectivity index is 1.54. The molecule has 124 valence electrons. The molecule has 0 saturated heterocycles. The molecule has 24 heavy (non-hydrogen) atoms. The molecule has 0 spiro atoms. The van der Waals surface area contributed by atoms with Crippen LogP contribution in [-0.4, -0.2) is 22.7 Å². The number of unbranched alkanes of at least 4 members (excludes halogenated alkanes) is 1. The van der Waals surface area contributed by atoms with E-state index in [-0.39, 0.29) is 12.3 Å². The minimum Gasteiger partial charge on any atom is -0.494 e. The van der Waals surface area contributed by atoms with Gasteiger partial charge < -0.3 is 9.15 Å². The largest absolute Gasteiger partial charge is 0.494 e. The number of nitrogens with zero attached hydrogens (tertiary/aromatic N) is 1. The van der Waals surface area contributed by atoms with Gasteiger partial charge >= 0.3 is 0 Å². The highest BCUT2D eigenvalue weighted by molar-refractivity contribution is 5.76. The van der Waals surface area contributed by atoms with Crippen LogP contribution in [0.5, 0.6) is 5.75 Å². The molecule has 0 fully saturated rings. The first kappa shape index (κ1) is 16.0. The number of carbonyl (C=O) groups excluding carboxylic acids is 1. The summed E-state index contributed by atoms with van der Waals surface area (Å²) in [6, 6.07) is 15.2. The quantitative estimate of drug-likeness (QED) is 0.394. The lowest BCUT2D eigenvalue weighted by Gasteiger charge is -2.06. The van der Waals surface area contributed by atoms with Crippen molar-refractivity contribution in [3.63, 3.8) is 0 Å². The molecule has 0 saturated carbocycles. The standard InChI is InChI=1S/C18H18N2O4/c21-17(20-22)7-3-4-12-23-14-10-8-13(9-11-14)18-19-15-5-1-2-6-16(15)24-18/h1-2,5-6,8-11,22H,3-4,7,12H2,(H,20,21). The third-order valence-electron chi connectivity index (χ3n) is 3.59. The number of fused-ring (bicyclic) bond motifs is 1. The second kappa shape index (κ2) is 7.61. The lowest BCUT2D eigenvalue weighted by molar-refractivity contribution is -0.129. The van der Waals surface area contributed by atoms with E-state index in [1.165, 1.54) is 0 Å². The molecule has 0 unspecified atom stereocenters. The van der Waals surface area contributed by atoms with Crippen LogP contribution in [0.1, 0.15) is 19.3 Å². The number of nitrogens with one attached hydrogen (secondary N) is 1. The van der Waals surface area contributed by atoms with Gasteiger partial charge in [-0.1, -0.05) is 12.1 Å². The predicted molar refractivity (Wildman–Crippen MR) is 88.7 cm³/mol. The number of carbonyl (C=O) groups is 1. The second-order valence-electron chi connectivity index (χ2n) is 5.35. The van der Waals surface area contributed by atoms with Gasteiger partial charge in [-0.3, -0.25) is 10.0 Å². The molecule has 1 heterocycles. The van der Waals surface area contributed by atoms with Gasteiger partial charge in [-0.2, -0.15) is 0 Å². The summed E-state index contributed by atoms with van der Waals surface area (Å²) in [6.45, 7) is 0.515. The first-order valence-electron chi connectivity index (χ1n) is 7.78. The van der Waals surface area contributed by atoms with Crippen LogP contribution in [0.25, 0.3) is 22.6 Å². The van der Waals surface area contributed by atoms with Crippen molar-refractivity contribution in [2.45, 2.75) is 19.3 Å². The zero-order chi connectivity index (χ0) is 16.8. The summed E-state index contributed by atoms with van der Waals surface area (Å²) in [5.74, 6) is 0.955.